The quantitative estimate of drug-likeness (QED) is 0.711. The Balaban J connectivity index is 1.48. The van der Waals surface area contributed by atoms with E-state index >= 15 is 0 Å². The average Bonchev–Trinajstić information content (AvgIpc) is 3.19. The lowest BCUT2D eigenvalue weighted by Crippen LogP contribution is -2.41. The highest BCUT2D eigenvalue weighted by Gasteiger charge is 2.25. The fourth-order valence-corrected chi connectivity index (χ4v) is 4.20. The van der Waals surface area contributed by atoms with Gasteiger partial charge in [0.1, 0.15) is 5.75 Å². The first-order valence-corrected chi connectivity index (χ1v) is 10.2. The maximum absolute atomic E-state index is 12.8. The standard InChI is InChI=1S/C21H29N5O2/c1-28-16-7-5-15(6-8-16)19(26-11-3-2-4-12-26)14-23-21(27)20-17-13-22-10-9-18(17)24-25-20/h5-8,19,22H,2-4,9-14H2,1H3,(H,23,27)(H,24,25). The lowest BCUT2D eigenvalue weighted by atomic mass is 10.0. The first-order valence-electron chi connectivity index (χ1n) is 10.2. The summed E-state index contributed by atoms with van der Waals surface area (Å²) >= 11 is 0. The highest BCUT2D eigenvalue weighted by molar-refractivity contribution is 5.94. The number of carbonyl (C=O) groups is 1. The van der Waals surface area contributed by atoms with Crippen molar-refractivity contribution in [3.63, 3.8) is 0 Å². The zero-order chi connectivity index (χ0) is 19.3. The molecule has 7 nitrogen and oxygen atoms in total. The van der Waals surface area contributed by atoms with Crippen molar-refractivity contribution in [1.82, 2.24) is 25.7 Å². The Morgan fingerprint density at radius 2 is 2.04 bits per heavy atom. The lowest BCUT2D eigenvalue weighted by Gasteiger charge is -2.35. The number of fused-ring (bicyclic) bond motifs is 1. The number of aromatic amines is 1. The smallest absolute Gasteiger partial charge is 0.272 e. The normalized spacial score (nSPS) is 18.3. The molecule has 1 atom stereocenters. The van der Waals surface area contributed by atoms with Gasteiger partial charge in [0, 0.05) is 37.3 Å². The third-order valence-corrected chi connectivity index (χ3v) is 5.81. The number of amides is 1. The highest BCUT2D eigenvalue weighted by Crippen LogP contribution is 2.26. The molecule has 2 aliphatic rings. The summed E-state index contributed by atoms with van der Waals surface area (Å²) in [5.74, 6) is 0.748. The number of piperidine rings is 1. The van der Waals surface area contributed by atoms with Gasteiger partial charge in [-0.15, -0.1) is 0 Å². The highest BCUT2D eigenvalue weighted by atomic mass is 16.5. The van der Waals surface area contributed by atoms with E-state index in [2.05, 4.69) is 37.9 Å². The first-order chi connectivity index (χ1) is 13.8. The molecule has 4 rings (SSSR count). The Morgan fingerprint density at radius 1 is 1.25 bits per heavy atom. The summed E-state index contributed by atoms with van der Waals surface area (Å²) in [4.78, 5) is 15.3. The number of H-pyrrole nitrogens is 1. The van der Waals surface area contributed by atoms with Gasteiger partial charge in [0.25, 0.3) is 5.91 Å². The van der Waals surface area contributed by atoms with Crippen LogP contribution in [0.3, 0.4) is 0 Å². The minimum atomic E-state index is -0.100. The van der Waals surface area contributed by atoms with Crippen LogP contribution in [0.25, 0.3) is 0 Å². The lowest BCUT2D eigenvalue weighted by molar-refractivity contribution is 0.0918. The fraction of sp³-hybridized carbons (Fsp3) is 0.524. The van der Waals surface area contributed by atoms with Gasteiger partial charge in [-0.3, -0.25) is 14.8 Å². The number of hydrogen-bond acceptors (Lipinski definition) is 5. The van der Waals surface area contributed by atoms with Gasteiger partial charge < -0.3 is 15.4 Å². The second-order valence-corrected chi connectivity index (χ2v) is 7.55. The number of likely N-dealkylation sites (tertiary alicyclic amines) is 1. The minimum absolute atomic E-state index is 0.100. The van der Waals surface area contributed by atoms with E-state index in [4.69, 9.17) is 4.74 Å². The number of benzene rings is 1. The van der Waals surface area contributed by atoms with E-state index in [1.165, 1.54) is 24.8 Å². The van der Waals surface area contributed by atoms with Crippen LogP contribution >= 0.6 is 0 Å². The Morgan fingerprint density at radius 3 is 2.79 bits per heavy atom. The van der Waals surface area contributed by atoms with Gasteiger partial charge >= 0.3 is 0 Å². The molecule has 3 N–H and O–H groups in total. The van der Waals surface area contributed by atoms with Crippen molar-refractivity contribution in [3.8, 4) is 5.75 Å². The predicted octanol–water partition coefficient (Wildman–Crippen LogP) is 2.02. The third-order valence-electron chi connectivity index (χ3n) is 5.81. The Labute approximate surface area is 165 Å². The van der Waals surface area contributed by atoms with Gasteiger partial charge in [-0.25, -0.2) is 0 Å². The Kier molecular flexibility index (Phi) is 5.92. The number of rotatable bonds is 6. The molecule has 1 fully saturated rings. The van der Waals surface area contributed by atoms with Gasteiger partial charge in [0.05, 0.1) is 13.2 Å². The van der Waals surface area contributed by atoms with Crippen molar-refractivity contribution in [2.24, 2.45) is 0 Å². The van der Waals surface area contributed by atoms with Crippen LogP contribution in [-0.2, 0) is 13.0 Å². The van der Waals surface area contributed by atoms with E-state index in [1.54, 1.807) is 7.11 Å². The molecule has 2 aliphatic heterocycles. The van der Waals surface area contributed by atoms with Gasteiger partial charge in [0.15, 0.2) is 5.69 Å². The largest absolute Gasteiger partial charge is 0.497 e. The summed E-state index contributed by atoms with van der Waals surface area (Å²) in [6.07, 6.45) is 4.58. The summed E-state index contributed by atoms with van der Waals surface area (Å²) < 4.78 is 5.29. The van der Waals surface area contributed by atoms with Gasteiger partial charge in [-0.1, -0.05) is 18.6 Å². The predicted molar refractivity (Wildman–Crippen MR) is 107 cm³/mol. The van der Waals surface area contributed by atoms with Crippen LogP contribution in [-0.4, -0.2) is 54.3 Å². The summed E-state index contributed by atoms with van der Waals surface area (Å²) in [5, 5.41) is 13.8. The van der Waals surface area contributed by atoms with E-state index in [0.29, 0.717) is 18.8 Å². The van der Waals surface area contributed by atoms with Crippen LogP contribution in [0.4, 0.5) is 0 Å². The number of hydrogen-bond donors (Lipinski definition) is 3. The van der Waals surface area contributed by atoms with Crippen molar-refractivity contribution in [1.29, 1.82) is 0 Å². The average molecular weight is 383 g/mol. The van der Waals surface area contributed by atoms with Crippen molar-refractivity contribution in [2.45, 2.75) is 38.3 Å². The van der Waals surface area contributed by atoms with Crippen molar-refractivity contribution in [3.05, 3.63) is 46.8 Å². The third kappa shape index (κ3) is 4.05. The summed E-state index contributed by atoms with van der Waals surface area (Å²) in [7, 11) is 1.68. The zero-order valence-corrected chi connectivity index (χ0v) is 16.5. The fourth-order valence-electron chi connectivity index (χ4n) is 4.20. The van der Waals surface area contributed by atoms with E-state index in [1.807, 2.05) is 12.1 Å². The molecule has 2 aromatic rings. The van der Waals surface area contributed by atoms with Crippen molar-refractivity contribution in [2.75, 3.05) is 33.3 Å². The molecule has 150 valence electrons. The SMILES string of the molecule is COc1ccc(C(CNC(=O)c2n[nH]c3c2CNCC3)N2CCCCC2)cc1. The molecule has 1 saturated heterocycles. The van der Waals surface area contributed by atoms with Crippen molar-refractivity contribution >= 4 is 5.91 Å². The molecule has 3 heterocycles. The monoisotopic (exact) mass is 383 g/mol. The maximum atomic E-state index is 12.8. The van der Waals surface area contributed by atoms with E-state index in [9.17, 15) is 4.79 Å². The topological polar surface area (TPSA) is 82.3 Å². The summed E-state index contributed by atoms with van der Waals surface area (Å²) in [6, 6.07) is 8.34. The number of ether oxygens (including phenoxy) is 1. The Bertz CT molecular complexity index is 796. The molecule has 1 unspecified atom stereocenters. The molecule has 0 saturated carbocycles. The van der Waals surface area contributed by atoms with Gasteiger partial charge in [-0.05, 0) is 43.6 Å². The van der Waals surface area contributed by atoms with Crippen LogP contribution in [0.1, 0.15) is 52.6 Å². The summed E-state index contributed by atoms with van der Waals surface area (Å²) in [6.45, 7) is 4.32. The number of aromatic nitrogens is 2. The number of nitrogens with one attached hydrogen (secondary N) is 3. The van der Waals surface area contributed by atoms with Crippen LogP contribution in [0.15, 0.2) is 24.3 Å². The number of methoxy groups -OCH3 is 1. The molecule has 0 spiro atoms. The van der Waals surface area contributed by atoms with Crippen LogP contribution < -0.4 is 15.4 Å². The van der Waals surface area contributed by atoms with Crippen LogP contribution in [0.5, 0.6) is 5.75 Å². The summed E-state index contributed by atoms with van der Waals surface area (Å²) in [5.41, 5.74) is 3.80. The Hall–Kier alpha value is -2.38. The number of nitrogens with zero attached hydrogens (tertiary/aromatic N) is 2. The van der Waals surface area contributed by atoms with Gasteiger partial charge in [0.2, 0.25) is 0 Å². The second kappa shape index (κ2) is 8.75. The maximum Gasteiger partial charge on any atom is 0.272 e. The molecule has 0 radical (unpaired) electrons. The van der Waals surface area contributed by atoms with Gasteiger partial charge in [-0.2, -0.15) is 5.10 Å². The van der Waals surface area contributed by atoms with E-state index < -0.39 is 0 Å². The van der Waals surface area contributed by atoms with Crippen molar-refractivity contribution < 1.29 is 9.53 Å². The molecule has 0 aliphatic carbocycles. The molecule has 1 aromatic carbocycles. The molecular weight excluding hydrogens is 354 g/mol. The molecular formula is C21H29N5O2. The minimum Gasteiger partial charge on any atom is -0.497 e. The van der Waals surface area contributed by atoms with E-state index in [-0.39, 0.29) is 11.9 Å². The van der Waals surface area contributed by atoms with E-state index in [0.717, 1.165) is 43.1 Å². The first kappa shape index (κ1) is 19.0. The molecule has 1 amide bonds. The van der Waals surface area contributed by atoms with Crippen LogP contribution in [0, 0.1) is 0 Å². The second-order valence-electron chi connectivity index (χ2n) is 7.55. The van der Waals surface area contributed by atoms with Crippen LogP contribution in [0.2, 0.25) is 0 Å². The molecule has 1 aromatic heterocycles. The molecule has 7 heteroatoms. The molecule has 28 heavy (non-hydrogen) atoms. The zero-order valence-electron chi connectivity index (χ0n) is 16.5. The number of carbonyl (C=O) groups excluding carboxylic acids is 1. The molecule has 0 bridgehead atoms.